The second-order valence-electron chi connectivity index (χ2n) is 3.98. The van der Waals surface area contributed by atoms with E-state index < -0.39 is 21.4 Å². The predicted octanol–water partition coefficient (Wildman–Crippen LogP) is 1.88. The highest BCUT2D eigenvalue weighted by Gasteiger charge is 2.24. The zero-order valence-corrected chi connectivity index (χ0v) is 11.9. The lowest BCUT2D eigenvalue weighted by molar-refractivity contribution is -0.115. The summed E-state index contributed by atoms with van der Waals surface area (Å²) in [5, 5.41) is 15.4. The molecule has 0 aliphatic rings. The van der Waals surface area contributed by atoms with Gasteiger partial charge in [0.25, 0.3) is 5.91 Å². The van der Waals surface area contributed by atoms with Crippen molar-refractivity contribution in [1.82, 2.24) is 0 Å². The SMILES string of the molecule is CC(=O)N=S(N)(=O)c1sc(C(C)(C)O)cc1Cl. The Morgan fingerprint density at radius 3 is 2.53 bits per heavy atom. The van der Waals surface area contributed by atoms with Crippen LogP contribution in [0, 0.1) is 0 Å². The Kier molecular flexibility index (Phi) is 4.00. The van der Waals surface area contributed by atoms with Gasteiger partial charge in [-0.15, -0.1) is 15.7 Å². The van der Waals surface area contributed by atoms with Gasteiger partial charge in [0.2, 0.25) is 0 Å². The molecular formula is C9H13ClN2O3S2. The molecule has 0 saturated heterocycles. The van der Waals surface area contributed by atoms with Crippen molar-refractivity contribution in [3.05, 3.63) is 16.0 Å². The molecule has 0 saturated carbocycles. The van der Waals surface area contributed by atoms with Gasteiger partial charge in [0.05, 0.1) is 10.6 Å². The van der Waals surface area contributed by atoms with Crippen molar-refractivity contribution in [3.63, 3.8) is 0 Å². The van der Waals surface area contributed by atoms with E-state index in [1.165, 1.54) is 6.07 Å². The van der Waals surface area contributed by atoms with Crippen LogP contribution in [-0.4, -0.2) is 15.2 Å². The van der Waals surface area contributed by atoms with Crippen LogP contribution < -0.4 is 5.14 Å². The van der Waals surface area contributed by atoms with E-state index in [1.807, 2.05) is 0 Å². The second kappa shape index (κ2) is 4.66. The summed E-state index contributed by atoms with van der Waals surface area (Å²) in [4.78, 5) is 11.3. The van der Waals surface area contributed by atoms with Crippen molar-refractivity contribution in [1.29, 1.82) is 0 Å². The van der Waals surface area contributed by atoms with Crippen molar-refractivity contribution in [3.8, 4) is 0 Å². The quantitative estimate of drug-likeness (QED) is 0.872. The fourth-order valence-electron chi connectivity index (χ4n) is 1.09. The first-order chi connectivity index (χ1) is 7.54. The second-order valence-corrected chi connectivity index (χ2v) is 7.43. The lowest BCUT2D eigenvalue weighted by Gasteiger charge is -2.13. The summed E-state index contributed by atoms with van der Waals surface area (Å²) in [6.07, 6.45) is 0. The third-order valence-electron chi connectivity index (χ3n) is 1.79. The Hall–Kier alpha value is -0.470. The molecule has 1 heterocycles. The molecule has 0 aliphatic carbocycles. The number of halogens is 1. The molecule has 1 aromatic rings. The van der Waals surface area contributed by atoms with Gasteiger partial charge in [-0.05, 0) is 19.9 Å². The average Bonchev–Trinajstić information content (AvgIpc) is 2.44. The third kappa shape index (κ3) is 3.49. The van der Waals surface area contributed by atoms with E-state index in [2.05, 4.69) is 4.36 Å². The Morgan fingerprint density at radius 2 is 2.18 bits per heavy atom. The molecule has 96 valence electrons. The summed E-state index contributed by atoms with van der Waals surface area (Å²) in [6, 6.07) is 1.48. The van der Waals surface area contributed by atoms with Crippen LogP contribution in [0.3, 0.4) is 0 Å². The Balaban J connectivity index is 3.40. The molecule has 1 rings (SSSR count). The van der Waals surface area contributed by atoms with E-state index in [1.54, 1.807) is 13.8 Å². The van der Waals surface area contributed by atoms with E-state index in [0.29, 0.717) is 4.88 Å². The number of rotatable bonds is 2. The average molecular weight is 297 g/mol. The highest BCUT2D eigenvalue weighted by atomic mass is 35.5. The highest BCUT2D eigenvalue weighted by Crippen LogP contribution is 2.36. The van der Waals surface area contributed by atoms with Crippen LogP contribution >= 0.6 is 22.9 Å². The van der Waals surface area contributed by atoms with E-state index in [4.69, 9.17) is 16.7 Å². The fraction of sp³-hybridized carbons (Fsp3) is 0.444. The van der Waals surface area contributed by atoms with Crippen molar-refractivity contribution >= 4 is 38.8 Å². The van der Waals surface area contributed by atoms with Gasteiger partial charge >= 0.3 is 0 Å². The van der Waals surface area contributed by atoms with E-state index in [-0.39, 0.29) is 9.23 Å². The largest absolute Gasteiger partial charge is 0.385 e. The number of nitrogens with two attached hydrogens (primary N) is 1. The smallest absolute Gasteiger partial charge is 0.251 e. The number of hydrogen-bond acceptors (Lipinski definition) is 4. The number of thiophene rings is 1. The summed E-state index contributed by atoms with van der Waals surface area (Å²) in [5.74, 6) is -0.633. The summed E-state index contributed by atoms with van der Waals surface area (Å²) < 4.78 is 15.4. The van der Waals surface area contributed by atoms with Gasteiger partial charge in [-0.3, -0.25) is 4.79 Å². The first kappa shape index (κ1) is 14.6. The summed E-state index contributed by atoms with van der Waals surface area (Å²) in [5.41, 5.74) is -1.11. The van der Waals surface area contributed by atoms with Crippen LogP contribution in [0.1, 0.15) is 25.6 Å². The molecule has 0 aliphatic heterocycles. The van der Waals surface area contributed by atoms with Gasteiger partial charge in [-0.2, -0.15) is 0 Å². The molecule has 0 radical (unpaired) electrons. The number of hydrogen-bond donors (Lipinski definition) is 2. The van der Waals surface area contributed by atoms with Crippen LogP contribution in [0.5, 0.6) is 0 Å². The Bertz CT molecular complexity index is 565. The molecule has 5 nitrogen and oxygen atoms in total. The van der Waals surface area contributed by atoms with Gasteiger partial charge in [0.15, 0.2) is 9.92 Å². The zero-order chi connectivity index (χ0) is 13.4. The molecule has 3 N–H and O–H groups in total. The van der Waals surface area contributed by atoms with Crippen LogP contribution in [-0.2, 0) is 20.3 Å². The van der Waals surface area contributed by atoms with E-state index in [9.17, 15) is 14.1 Å². The first-order valence-corrected chi connectivity index (χ1v) is 7.39. The lowest BCUT2D eigenvalue weighted by Crippen LogP contribution is -2.14. The lowest BCUT2D eigenvalue weighted by atomic mass is 10.1. The normalized spacial score (nSPS) is 15.4. The number of amides is 1. The molecular weight excluding hydrogens is 284 g/mol. The Labute approximate surface area is 109 Å². The molecule has 8 heteroatoms. The van der Waals surface area contributed by atoms with Crippen LogP contribution in [0.25, 0.3) is 0 Å². The van der Waals surface area contributed by atoms with Crippen molar-refractivity contribution in [2.24, 2.45) is 9.50 Å². The zero-order valence-electron chi connectivity index (χ0n) is 9.56. The molecule has 0 bridgehead atoms. The standard InChI is InChI=1S/C9H13ClN2O3S2/c1-5(13)12-17(11,15)8-6(10)4-7(16-8)9(2,3)14/h4,14H,1-3H3,(H2,11,12,13,15). The van der Waals surface area contributed by atoms with Crippen molar-refractivity contribution < 1.29 is 14.1 Å². The van der Waals surface area contributed by atoms with Crippen LogP contribution in [0.15, 0.2) is 14.6 Å². The molecule has 0 aromatic carbocycles. The number of carbonyl (C=O) groups excluding carboxylic acids is 1. The highest BCUT2D eigenvalue weighted by molar-refractivity contribution is 7.93. The number of nitrogens with zero attached hydrogens (tertiary/aromatic N) is 1. The van der Waals surface area contributed by atoms with Gasteiger partial charge in [-0.25, -0.2) is 9.35 Å². The summed E-state index contributed by atoms with van der Waals surface area (Å²) in [7, 11) is -3.33. The predicted molar refractivity (Wildman–Crippen MR) is 68.3 cm³/mol. The fourth-order valence-corrected chi connectivity index (χ4v) is 4.15. The first-order valence-electron chi connectivity index (χ1n) is 4.61. The van der Waals surface area contributed by atoms with Gasteiger partial charge in [-0.1, -0.05) is 11.6 Å². The third-order valence-corrected chi connectivity index (χ3v) is 5.80. The van der Waals surface area contributed by atoms with Crippen LogP contribution in [0.4, 0.5) is 0 Å². The van der Waals surface area contributed by atoms with E-state index >= 15 is 0 Å². The maximum atomic E-state index is 12.0. The summed E-state index contributed by atoms with van der Waals surface area (Å²) in [6.45, 7) is 4.30. The molecule has 17 heavy (non-hydrogen) atoms. The summed E-state index contributed by atoms with van der Waals surface area (Å²) >= 11 is 6.87. The van der Waals surface area contributed by atoms with Gasteiger partial charge < -0.3 is 5.11 Å². The number of aliphatic hydroxyl groups is 1. The minimum atomic E-state index is -3.33. The maximum absolute atomic E-state index is 12.0. The van der Waals surface area contributed by atoms with Crippen molar-refractivity contribution in [2.75, 3.05) is 0 Å². The Morgan fingerprint density at radius 1 is 1.65 bits per heavy atom. The molecule has 1 amide bonds. The monoisotopic (exact) mass is 296 g/mol. The minimum absolute atomic E-state index is 0.103. The molecule has 0 fully saturated rings. The molecule has 1 aromatic heterocycles. The minimum Gasteiger partial charge on any atom is -0.385 e. The van der Waals surface area contributed by atoms with E-state index in [0.717, 1.165) is 18.3 Å². The topological polar surface area (TPSA) is 92.8 Å². The van der Waals surface area contributed by atoms with Gasteiger partial charge in [0.1, 0.15) is 4.21 Å². The molecule has 0 spiro atoms. The number of carbonyl (C=O) groups is 1. The van der Waals surface area contributed by atoms with Crippen molar-refractivity contribution in [2.45, 2.75) is 30.6 Å². The molecule has 1 atom stereocenters. The van der Waals surface area contributed by atoms with Gasteiger partial charge in [0, 0.05) is 11.8 Å². The van der Waals surface area contributed by atoms with Crippen LogP contribution in [0.2, 0.25) is 5.02 Å². The molecule has 1 unspecified atom stereocenters. The maximum Gasteiger partial charge on any atom is 0.251 e.